The van der Waals surface area contributed by atoms with Crippen molar-refractivity contribution in [3.05, 3.63) is 24.5 Å². The van der Waals surface area contributed by atoms with E-state index in [9.17, 15) is 4.79 Å². The SMILES string of the molecule is CC(C)C[C@@H](CN1CC[C@H](Oc2ccncc2)C1)NC(=O)OC(C)(C)C. The van der Waals surface area contributed by atoms with E-state index >= 15 is 0 Å². The lowest BCUT2D eigenvalue weighted by molar-refractivity contribution is 0.0486. The molecule has 2 atom stereocenters. The van der Waals surface area contributed by atoms with Gasteiger partial charge in [-0.2, -0.15) is 0 Å². The number of carbonyl (C=O) groups excluding carboxylic acids is 1. The summed E-state index contributed by atoms with van der Waals surface area (Å²) in [5.74, 6) is 1.36. The first-order chi connectivity index (χ1) is 12.2. The first kappa shape index (κ1) is 20.5. The number of carbonyl (C=O) groups is 1. The average molecular weight is 364 g/mol. The van der Waals surface area contributed by atoms with Crippen molar-refractivity contribution in [3.8, 4) is 5.75 Å². The van der Waals surface area contributed by atoms with Crippen molar-refractivity contribution in [1.82, 2.24) is 15.2 Å². The van der Waals surface area contributed by atoms with Crippen LogP contribution in [0.2, 0.25) is 0 Å². The fraction of sp³-hybridized carbons (Fsp3) is 0.700. The van der Waals surface area contributed by atoms with E-state index < -0.39 is 5.60 Å². The van der Waals surface area contributed by atoms with E-state index in [0.717, 1.165) is 38.2 Å². The van der Waals surface area contributed by atoms with Crippen molar-refractivity contribution in [1.29, 1.82) is 0 Å². The number of nitrogens with zero attached hydrogens (tertiary/aromatic N) is 2. The normalized spacial score (nSPS) is 19.4. The van der Waals surface area contributed by atoms with Crippen LogP contribution < -0.4 is 10.1 Å². The summed E-state index contributed by atoms with van der Waals surface area (Å²) in [6.07, 6.45) is 5.23. The molecule has 0 spiro atoms. The lowest BCUT2D eigenvalue weighted by atomic mass is 10.0. The van der Waals surface area contributed by atoms with Gasteiger partial charge < -0.3 is 14.8 Å². The zero-order valence-electron chi connectivity index (χ0n) is 16.7. The number of rotatable bonds is 7. The quantitative estimate of drug-likeness (QED) is 0.803. The maximum atomic E-state index is 12.1. The largest absolute Gasteiger partial charge is 0.489 e. The zero-order valence-corrected chi connectivity index (χ0v) is 16.7. The van der Waals surface area contributed by atoms with Crippen molar-refractivity contribution >= 4 is 6.09 Å². The number of alkyl carbamates (subject to hydrolysis) is 1. The van der Waals surface area contributed by atoms with Crippen LogP contribution in [0.5, 0.6) is 5.75 Å². The summed E-state index contributed by atoms with van der Waals surface area (Å²) in [5.41, 5.74) is -0.483. The molecule has 1 aromatic rings. The number of amides is 1. The van der Waals surface area contributed by atoms with Crippen molar-refractivity contribution in [3.63, 3.8) is 0 Å². The molecule has 1 saturated heterocycles. The average Bonchev–Trinajstić information content (AvgIpc) is 2.92. The maximum absolute atomic E-state index is 12.1. The number of hydrogen-bond donors (Lipinski definition) is 1. The Morgan fingerprint density at radius 3 is 2.65 bits per heavy atom. The summed E-state index contributed by atoms with van der Waals surface area (Å²) >= 11 is 0. The highest BCUT2D eigenvalue weighted by Crippen LogP contribution is 2.19. The Kier molecular flexibility index (Phi) is 7.26. The Hall–Kier alpha value is -1.82. The molecule has 0 aromatic carbocycles. The topological polar surface area (TPSA) is 63.7 Å². The Bertz CT molecular complexity index is 557. The van der Waals surface area contributed by atoms with E-state index in [2.05, 4.69) is 29.0 Å². The molecule has 1 N–H and O–H groups in total. The fourth-order valence-corrected chi connectivity index (χ4v) is 3.20. The zero-order chi connectivity index (χ0) is 19.2. The summed E-state index contributed by atoms with van der Waals surface area (Å²) in [6.45, 7) is 12.6. The van der Waals surface area contributed by atoms with Gasteiger partial charge in [-0.25, -0.2) is 4.79 Å². The van der Waals surface area contributed by atoms with E-state index in [-0.39, 0.29) is 18.2 Å². The lowest BCUT2D eigenvalue weighted by Gasteiger charge is -2.27. The summed E-state index contributed by atoms with van der Waals surface area (Å²) < 4.78 is 11.4. The second-order valence-electron chi connectivity index (χ2n) is 8.44. The second kappa shape index (κ2) is 9.21. The van der Waals surface area contributed by atoms with Gasteiger partial charge in [0.15, 0.2) is 0 Å². The molecule has 26 heavy (non-hydrogen) atoms. The van der Waals surface area contributed by atoms with E-state index in [1.807, 2.05) is 32.9 Å². The molecule has 0 saturated carbocycles. The molecule has 1 aliphatic heterocycles. The Balaban J connectivity index is 1.85. The third-order valence-corrected chi connectivity index (χ3v) is 4.14. The molecule has 0 unspecified atom stereocenters. The van der Waals surface area contributed by atoms with Gasteiger partial charge in [0.2, 0.25) is 0 Å². The minimum atomic E-state index is -0.483. The third kappa shape index (κ3) is 7.60. The third-order valence-electron chi connectivity index (χ3n) is 4.14. The molecule has 2 heterocycles. The molecule has 2 rings (SSSR count). The Morgan fingerprint density at radius 2 is 2.04 bits per heavy atom. The molecule has 1 amide bonds. The summed E-state index contributed by atoms with van der Waals surface area (Å²) in [6, 6.07) is 3.84. The second-order valence-corrected chi connectivity index (χ2v) is 8.44. The molecule has 1 aliphatic rings. The number of aromatic nitrogens is 1. The van der Waals surface area contributed by atoms with Crippen LogP contribution in [0.25, 0.3) is 0 Å². The molecule has 1 aromatic heterocycles. The molecule has 0 radical (unpaired) electrons. The molecule has 6 heteroatoms. The predicted octanol–water partition coefficient (Wildman–Crippen LogP) is 3.47. The smallest absolute Gasteiger partial charge is 0.407 e. The van der Waals surface area contributed by atoms with Gasteiger partial charge in [-0.05, 0) is 51.7 Å². The minimum absolute atomic E-state index is 0.0736. The van der Waals surface area contributed by atoms with Crippen LogP contribution in [0.1, 0.15) is 47.5 Å². The van der Waals surface area contributed by atoms with Crippen molar-refractivity contribution < 1.29 is 14.3 Å². The molecular weight excluding hydrogens is 330 g/mol. The maximum Gasteiger partial charge on any atom is 0.407 e. The van der Waals surface area contributed by atoms with Crippen LogP contribution >= 0.6 is 0 Å². The molecule has 0 bridgehead atoms. The summed E-state index contributed by atoms with van der Waals surface area (Å²) in [4.78, 5) is 18.5. The highest BCUT2D eigenvalue weighted by molar-refractivity contribution is 5.68. The minimum Gasteiger partial charge on any atom is -0.489 e. The van der Waals surface area contributed by atoms with Gasteiger partial charge in [0, 0.05) is 38.1 Å². The Labute approximate surface area is 157 Å². The van der Waals surface area contributed by atoms with Crippen LogP contribution in [-0.2, 0) is 4.74 Å². The monoisotopic (exact) mass is 363 g/mol. The van der Waals surface area contributed by atoms with E-state index in [4.69, 9.17) is 9.47 Å². The molecular formula is C20H33N3O3. The van der Waals surface area contributed by atoms with Gasteiger partial charge in [-0.3, -0.25) is 9.88 Å². The van der Waals surface area contributed by atoms with Gasteiger partial charge in [0.25, 0.3) is 0 Å². The number of nitrogens with one attached hydrogen (secondary N) is 1. The van der Waals surface area contributed by atoms with Crippen LogP contribution in [0.3, 0.4) is 0 Å². The lowest BCUT2D eigenvalue weighted by Crippen LogP contribution is -2.46. The van der Waals surface area contributed by atoms with Gasteiger partial charge in [-0.1, -0.05) is 13.8 Å². The fourth-order valence-electron chi connectivity index (χ4n) is 3.20. The van der Waals surface area contributed by atoms with Crippen LogP contribution in [0.4, 0.5) is 4.79 Å². The number of ether oxygens (including phenoxy) is 2. The van der Waals surface area contributed by atoms with Crippen LogP contribution in [0, 0.1) is 5.92 Å². The van der Waals surface area contributed by atoms with Gasteiger partial charge in [0.05, 0.1) is 0 Å². The van der Waals surface area contributed by atoms with Crippen molar-refractivity contribution in [2.75, 3.05) is 19.6 Å². The molecule has 6 nitrogen and oxygen atoms in total. The number of pyridine rings is 1. The molecule has 0 aliphatic carbocycles. The van der Waals surface area contributed by atoms with Gasteiger partial charge >= 0.3 is 6.09 Å². The van der Waals surface area contributed by atoms with E-state index in [0.29, 0.717) is 5.92 Å². The highest BCUT2D eigenvalue weighted by atomic mass is 16.6. The molecule has 146 valence electrons. The predicted molar refractivity (Wildman–Crippen MR) is 102 cm³/mol. The summed E-state index contributed by atoms with van der Waals surface area (Å²) in [7, 11) is 0. The first-order valence-corrected chi connectivity index (χ1v) is 9.50. The van der Waals surface area contributed by atoms with E-state index in [1.165, 1.54) is 0 Å². The van der Waals surface area contributed by atoms with Crippen molar-refractivity contribution in [2.45, 2.75) is 65.2 Å². The van der Waals surface area contributed by atoms with Crippen LogP contribution in [-0.4, -0.2) is 53.4 Å². The standard InChI is InChI=1S/C20H33N3O3/c1-15(2)12-16(22-19(24)26-20(3,4)5)13-23-11-8-18(14-23)25-17-6-9-21-10-7-17/h6-7,9-10,15-16,18H,8,11-14H2,1-5H3,(H,22,24)/t16-,18-/m0/s1. The van der Waals surface area contributed by atoms with Gasteiger partial charge in [0.1, 0.15) is 17.5 Å². The Morgan fingerprint density at radius 1 is 1.35 bits per heavy atom. The van der Waals surface area contributed by atoms with Crippen LogP contribution in [0.15, 0.2) is 24.5 Å². The highest BCUT2D eigenvalue weighted by Gasteiger charge is 2.28. The van der Waals surface area contributed by atoms with E-state index in [1.54, 1.807) is 12.4 Å². The first-order valence-electron chi connectivity index (χ1n) is 9.50. The number of likely N-dealkylation sites (tertiary alicyclic amines) is 1. The summed E-state index contributed by atoms with van der Waals surface area (Å²) in [5, 5.41) is 3.04. The molecule has 1 fully saturated rings. The van der Waals surface area contributed by atoms with Crippen molar-refractivity contribution in [2.24, 2.45) is 5.92 Å². The van der Waals surface area contributed by atoms with Gasteiger partial charge in [-0.15, -0.1) is 0 Å². The number of hydrogen-bond acceptors (Lipinski definition) is 5.